The van der Waals surface area contributed by atoms with E-state index in [2.05, 4.69) is 48.7 Å². The van der Waals surface area contributed by atoms with Gasteiger partial charge in [0.25, 0.3) is 0 Å². The van der Waals surface area contributed by atoms with E-state index in [1.165, 1.54) is 11.1 Å². The van der Waals surface area contributed by atoms with Crippen molar-refractivity contribution in [1.82, 2.24) is 10.6 Å². The second-order valence-electron chi connectivity index (χ2n) is 6.80. The van der Waals surface area contributed by atoms with E-state index in [1.54, 1.807) is 0 Å². The highest BCUT2D eigenvalue weighted by molar-refractivity contribution is 5.82. The van der Waals surface area contributed by atoms with Crippen molar-refractivity contribution in [2.75, 3.05) is 6.54 Å². The van der Waals surface area contributed by atoms with Crippen LogP contribution in [0.5, 0.6) is 0 Å². The van der Waals surface area contributed by atoms with Crippen molar-refractivity contribution in [3.05, 3.63) is 35.4 Å². The lowest BCUT2D eigenvalue weighted by Gasteiger charge is -2.31. The van der Waals surface area contributed by atoms with E-state index >= 15 is 0 Å². The fourth-order valence-corrected chi connectivity index (χ4v) is 3.61. The third-order valence-electron chi connectivity index (χ3n) is 4.70. The molecular weight excluding hydrogens is 248 g/mol. The van der Waals surface area contributed by atoms with Gasteiger partial charge >= 0.3 is 0 Å². The summed E-state index contributed by atoms with van der Waals surface area (Å²) in [6.07, 6.45) is 4.23. The predicted octanol–water partition coefficient (Wildman–Crippen LogP) is 2.57. The second-order valence-corrected chi connectivity index (χ2v) is 6.80. The molecule has 0 aromatic heterocycles. The van der Waals surface area contributed by atoms with Gasteiger partial charge in [0.2, 0.25) is 5.91 Å². The highest BCUT2D eigenvalue weighted by Crippen LogP contribution is 2.45. The van der Waals surface area contributed by atoms with E-state index in [9.17, 15) is 4.79 Å². The molecule has 108 valence electrons. The molecule has 2 unspecified atom stereocenters. The minimum Gasteiger partial charge on any atom is -0.355 e. The summed E-state index contributed by atoms with van der Waals surface area (Å²) in [6.45, 7) is 5.40. The molecule has 2 N–H and O–H groups in total. The smallest absolute Gasteiger partial charge is 0.237 e. The van der Waals surface area contributed by atoms with E-state index < -0.39 is 0 Å². The van der Waals surface area contributed by atoms with E-state index in [-0.39, 0.29) is 23.4 Å². The molecule has 0 bridgehead atoms. The van der Waals surface area contributed by atoms with Gasteiger partial charge in [0.05, 0.1) is 6.04 Å². The van der Waals surface area contributed by atoms with Gasteiger partial charge in [0.15, 0.2) is 0 Å². The Morgan fingerprint density at radius 3 is 2.90 bits per heavy atom. The van der Waals surface area contributed by atoms with Crippen molar-refractivity contribution in [2.24, 2.45) is 5.41 Å². The van der Waals surface area contributed by atoms with Crippen molar-refractivity contribution in [1.29, 1.82) is 0 Å². The largest absolute Gasteiger partial charge is 0.355 e. The van der Waals surface area contributed by atoms with Crippen molar-refractivity contribution >= 4 is 5.91 Å². The molecule has 1 saturated heterocycles. The summed E-state index contributed by atoms with van der Waals surface area (Å²) in [6, 6.07) is 8.85. The third-order valence-corrected chi connectivity index (χ3v) is 4.70. The molecule has 20 heavy (non-hydrogen) atoms. The first-order valence-electron chi connectivity index (χ1n) is 7.69. The lowest BCUT2D eigenvalue weighted by Crippen LogP contribution is -2.46. The number of hydrogen-bond acceptors (Lipinski definition) is 2. The Labute approximate surface area is 121 Å². The van der Waals surface area contributed by atoms with Gasteiger partial charge in [-0.05, 0) is 42.2 Å². The summed E-state index contributed by atoms with van der Waals surface area (Å²) >= 11 is 0. The molecule has 1 aromatic rings. The van der Waals surface area contributed by atoms with Crippen LogP contribution in [0.4, 0.5) is 0 Å². The zero-order valence-corrected chi connectivity index (χ0v) is 12.4. The van der Waals surface area contributed by atoms with Gasteiger partial charge in [0.1, 0.15) is 0 Å². The van der Waals surface area contributed by atoms with Gasteiger partial charge in [-0.3, -0.25) is 10.1 Å². The minimum absolute atomic E-state index is 0.0482. The Morgan fingerprint density at radius 1 is 1.25 bits per heavy atom. The number of amides is 1. The lowest BCUT2D eigenvalue weighted by atomic mass is 9.84. The number of benzene rings is 1. The summed E-state index contributed by atoms with van der Waals surface area (Å²) < 4.78 is 0. The quantitative estimate of drug-likeness (QED) is 0.869. The van der Waals surface area contributed by atoms with Crippen LogP contribution in [0, 0.1) is 5.41 Å². The number of fused-ring (bicyclic) bond motifs is 1. The molecule has 0 saturated carbocycles. The van der Waals surface area contributed by atoms with Gasteiger partial charge in [0, 0.05) is 12.6 Å². The van der Waals surface area contributed by atoms with Gasteiger partial charge in [-0.15, -0.1) is 0 Å². The third kappa shape index (κ3) is 2.47. The van der Waals surface area contributed by atoms with Crippen molar-refractivity contribution < 1.29 is 4.79 Å². The maximum atomic E-state index is 12.2. The Hall–Kier alpha value is -1.35. The van der Waals surface area contributed by atoms with Gasteiger partial charge in [-0.2, -0.15) is 0 Å². The number of hydrogen-bond donors (Lipinski definition) is 2. The fraction of sp³-hybridized carbons (Fsp3) is 0.588. The highest BCUT2D eigenvalue weighted by Gasteiger charge is 2.40. The monoisotopic (exact) mass is 272 g/mol. The SMILES string of the molecule is CC1(C)Cc2ccccc2C1NC1CCCCNC1=O. The first-order valence-corrected chi connectivity index (χ1v) is 7.69. The molecule has 1 heterocycles. The van der Waals surface area contributed by atoms with Gasteiger partial charge < -0.3 is 5.32 Å². The molecule has 0 radical (unpaired) electrons. The average molecular weight is 272 g/mol. The van der Waals surface area contributed by atoms with Crippen LogP contribution in [0.15, 0.2) is 24.3 Å². The van der Waals surface area contributed by atoms with Crippen LogP contribution in [0.3, 0.4) is 0 Å². The van der Waals surface area contributed by atoms with E-state index in [0.29, 0.717) is 0 Å². The van der Waals surface area contributed by atoms with Crippen molar-refractivity contribution in [3.8, 4) is 0 Å². The van der Waals surface area contributed by atoms with Crippen LogP contribution in [-0.4, -0.2) is 18.5 Å². The molecule has 3 heteroatoms. The number of nitrogens with one attached hydrogen (secondary N) is 2. The van der Waals surface area contributed by atoms with Gasteiger partial charge in [-0.25, -0.2) is 0 Å². The standard InChI is InChI=1S/C17H24N2O/c1-17(2)11-12-7-3-4-8-13(12)15(17)19-14-9-5-6-10-18-16(14)20/h3-4,7-8,14-15,19H,5-6,9-11H2,1-2H3,(H,18,20). The molecule has 0 spiro atoms. The highest BCUT2D eigenvalue weighted by atomic mass is 16.2. The molecule has 1 aliphatic heterocycles. The molecule has 3 nitrogen and oxygen atoms in total. The molecular formula is C17H24N2O. The summed E-state index contributed by atoms with van der Waals surface area (Å²) in [5, 5.41) is 6.66. The zero-order valence-electron chi connectivity index (χ0n) is 12.4. The van der Waals surface area contributed by atoms with Gasteiger partial charge in [-0.1, -0.05) is 38.1 Å². The van der Waals surface area contributed by atoms with Crippen molar-refractivity contribution in [2.45, 2.75) is 51.6 Å². The second kappa shape index (κ2) is 5.21. The zero-order chi connectivity index (χ0) is 14.2. The molecule has 2 atom stereocenters. The lowest BCUT2D eigenvalue weighted by molar-refractivity contribution is -0.123. The summed E-state index contributed by atoms with van der Waals surface area (Å²) in [5.41, 5.74) is 2.95. The molecule has 1 amide bonds. The Bertz CT molecular complexity index is 509. The van der Waals surface area contributed by atoms with Crippen molar-refractivity contribution in [3.63, 3.8) is 0 Å². The number of carbonyl (C=O) groups excluding carboxylic acids is 1. The van der Waals surface area contributed by atoms with Crippen LogP contribution in [0.1, 0.15) is 50.3 Å². The maximum Gasteiger partial charge on any atom is 0.237 e. The first-order chi connectivity index (χ1) is 9.58. The van der Waals surface area contributed by atoms with E-state index in [1.807, 2.05) is 0 Å². The number of carbonyl (C=O) groups is 1. The Kier molecular flexibility index (Phi) is 3.55. The van der Waals surface area contributed by atoms with E-state index in [0.717, 1.165) is 32.2 Å². The fourth-order valence-electron chi connectivity index (χ4n) is 3.61. The van der Waals surface area contributed by atoms with Crippen LogP contribution in [0.2, 0.25) is 0 Å². The molecule has 2 aliphatic rings. The Balaban J connectivity index is 1.83. The predicted molar refractivity (Wildman–Crippen MR) is 80.5 cm³/mol. The van der Waals surface area contributed by atoms with E-state index in [4.69, 9.17) is 0 Å². The first kappa shape index (κ1) is 13.6. The average Bonchev–Trinajstić information content (AvgIpc) is 2.54. The van der Waals surface area contributed by atoms with Crippen LogP contribution < -0.4 is 10.6 Å². The topological polar surface area (TPSA) is 41.1 Å². The Morgan fingerprint density at radius 2 is 2.05 bits per heavy atom. The summed E-state index contributed by atoms with van der Waals surface area (Å²) in [7, 11) is 0. The molecule has 1 aliphatic carbocycles. The summed E-state index contributed by atoms with van der Waals surface area (Å²) in [4.78, 5) is 12.2. The van der Waals surface area contributed by atoms with Crippen LogP contribution in [-0.2, 0) is 11.2 Å². The summed E-state index contributed by atoms with van der Waals surface area (Å²) in [5.74, 6) is 0.169. The number of rotatable bonds is 2. The molecule has 3 rings (SSSR count). The van der Waals surface area contributed by atoms with Crippen LogP contribution >= 0.6 is 0 Å². The van der Waals surface area contributed by atoms with Crippen LogP contribution in [0.25, 0.3) is 0 Å². The maximum absolute atomic E-state index is 12.2. The normalized spacial score (nSPS) is 28.6. The molecule has 1 aromatic carbocycles. The molecule has 1 fully saturated rings. The minimum atomic E-state index is -0.0482.